The van der Waals surface area contributed by atoms with E-state index in [4.69, 9.17) is 4.55 Å². The zero-order valence-corrected chi connectivity index (χ0v) is 8.47. The van der Waals surface area contributed by atoms with Crippen LogP contribution in [0, 0.1) is 10.1 Å². The molecule has 1 amide bonds. The highest BCUT2D eigenvalue weighted by molar-refractivity contribution is 7.86. The van der Waals surface area contributed by atoms with Crippen LogP contribution in [0.5, 0.6) is 0 Å². The third-order valence-corrected chi connectivity index (χ3v) is 2.56. The smallest absolute Gasteiger partial charge is 0.301 e. The van der Waals surface area contributed by atoms with Gasteiger partial charge in [-0.15, -0.1) is 0 Å². The second-order valence-corrected chi connectivity index (χ2v) is 4.07. The Morgan fingerprint density at radius 1 is 1.44 bits per heavy atom. The van der Waals surface area contributed by atoms with Crippen molar-refractivity contribution in [3.63, 3.8) is 0 Å². The fraction of sp³-hybridized carbons (Fsp3) is 0. The molecule has 0 atom stereocenters. The number of amides is 1. The Morgan fingerprint density at radius 2 is 2.06 bits per heavy atom. The maximum Gasteiger partial charge on any atom is 0.301 e. The first-order chi connectivity index (χ1) is 7.36. The molecule has 0 radical (unpaired) electrons. The number of benzene rings is 1. The average Bonchev–Trinajstić information content (AvgIpc) is 2.16. The maximum atomic E-state index is 10.8. The maximum absolute atomic E-state index is 10.8. The quantitative estimate of drug-likeness (QED) is 0.343. The summed E-state index contributed by atoms with van der Waals surface area (Å²) in [7, 11) is -4.67. The number of rotatable bonds is 4. The van der Waals surface area contributed by atoms with Crippen molar-refractivity contribution in [3.05, 3.63) is 28.3 Å². The lowest BCUT2D eigenvalue weighted by Crippen LogP contribution is -2.04. The molecule has 9 heteroatoms. The second-order valence-electron chi connectivity index (χ2n) is 2.68. The van der Waals surface area contributed by atoms with Crippen molar-refractivity contribution in [2.45, 2.75) is 4.90 Å². The summed E-state index contributed by atoms with van der Waals surface area (Å²) < 4.78 is 30.3. The number of carbonyl (C=O) groups excluding carboxylic acids is 1. The van der Waals surface area contributed by atoms with Crippen molar-refractivity contribution in [1.82, 2.24) is 0 Å². The predicted molar refractivity (Wildman–Crippen MR) is 52.6 cm³/mol. The van der Waals surface area contributed by atoms with E-state index in [1.54, 1.807) is 0 Å². The van der Waals surface area contributed by atoms with Crippen molar-refractivity contribution in [3.8, 4) is 0 Å². The first kappa shape index (κ1) is 12.1. The van der Waals surface area contributed by atoms with Gasteiger partial charge in [0, 0.05) is 11.8 Å². The van der Waals surface area contributed by atoms with Gasteiger partial charge in [0.1, 0.15) is 0 Å². The van der Waals surface area contributed by atoms with Gasteiger partial charge in [0.05, 0.1) is 4.92 Å². The molecule has 0 bridgehead atoms. The topological polar surface area (TPSA) is 127 Å². The molecule has 0 aliphatic rings. The summed E-state index contributed by atoms with van der Waals surface area (Å²) in [6.07, 6.45) is 0.284. The minimum absolute atomic E-state index is 0.0501. The third kappa shape index (κ3) is 2.52. The van der Waals surface area contributed by atoms with E-state index in [9.17, 15) is 23.3 Å². The normalized spacial score (nSPS) is 10.8. The Morgan fingerprint density at radius 3 is 2.50 bits per heavy atom. The third-order valence-electron chi connectivity index (χ3n) is 1.66. The predicted octanol–water partition coefficient (Wildman–Crippen LogP) is 0.410. The second kappa shape index (κ2) is 4.24. The molecule has 0 spiro atoms. The SMILES string of the molecule is O=CNc1ccc(S(=O)(=O)O)c([N+](=O)[O-])c1. The molecule has 0 fully saturated rings. The number of carbonyl (C=O) groups is 1. The van der Waals surface area contributed by atoms with Gasteiger partial charge in [-0.2, -0.15) is 8.42 Å². The number of nitrogens with one attached hydrogen (secondary N) is 1. The Balaban J connectivity index is 3.42. The van der Waals surface area contributed by atoms with E-state index in [2.05, 4.69) is 5.32 Å². The van der Waals surface area contributed by atoms with Crippen molar-refractivity contribution >= 4 is 27.9 Å². The van der Waals surface area contributed by atoms with Crippen LogP contribution in [0.25, 0.3) is 0 Å². The molecule has 0 heterocycles. The van der Waals surface area contributed by atoms with Gasteiger partial charge in [-0.05, 0) is 12.1 Å². The van der Waals surface area contributed by atoms with Crippen LogP contribution in [0.3, 0.4) is 0 Å². The molecule has 0 saturated heterocycles. The standard InChI is InChI=1S/C7H6N2O6S/c10-4-8-5-1-2-7(16(13,14)15)6(3-5)9(11)12/h1-4H,(H,8,10)(H,13,14,15). The van der Waals surface area contributed by atoms with E-state index < -0.39 is 25.6 Å². The van der Waals surface area contributed by atoms with E-state index in [0.29, 0.717) is 0 Å². The zero-order valence-electron chi connectivity index (χ0n) is 7.65. The number of nitro groups is 1. The van der Waals surface area contributed by atoms with Crippen LogP contribution in [0.2, 0.25) is 0 Å². The summed E-state index contributed by atoms with van der Waals surface area (Å²) in [5, 5.41) is 12.7. The number of nitrogens with zero attached hydrogens (tertiary/aromatic N) is 1. The molecule has 0 aliphatic carbocycles. The molecule has 86 valence electrons. The first-order valence-electron chi connectivity index (χ1n) is 3.82. The highest BCUT2D eigenvalue weighted by atomic mass is 32.2. The number of anilines is 1. The van der Waals surface area contributed by atoms with Crippen LogP contribution in [-0.2, 0) is 14.9 Å². The van der Waals surface area contributed by atoms with E-state index in [-0.39, 0.29) is 12.1 Å². The number of nitro benzene ring substituents is 1. The largest absolute Gasteiger partial charge is 0.328 e. The molecule has 16 heavy (non-hydrogen) atoms. The molecule has 0 unspecified atom stereocenters. The molecule has 0 aromatic heterocycles. The van der Waals surface area contributed by atoms with E-state index in [1.165, 1.54) is 0 Å². The summed E-state index contributed by atoms with van der Waals surface area (Å²) in [5.41, 5.74) is -0.761. The molecule has 0 saturated carbocycles. The average molecular weight is 246 g/mol. The molecule has 1 aromatic carbocycles. The summed E-state index contributed by atoms with van der Waals surface area (Å²) in [6, 6.07) is 2.78. The van der Waals surface area contributed by atoms with E-state index in [1.807, 2.05) is 0 Å². The van der Waals surface area contributed by atoms with Crippen LogP contribution >= 0.6 is 0 Å². The Kier molecular flexibility index (Phi) is 3.20. The van der Waals surface area contributed by atoms with Crippen LogP contribution in [0.15, 0.2) is 23.1 Å². The van der Waals surface area contributed by atoms with E-state index in [0.717, 1.165) is 18.2 Å². The minimum Gasteiger partial charge on any atom is -0.328 e. The van der Waals surface area contributed by atoms with Crippen molar-refractivity contribution in [2.75, 3.05) is 5.32 Å². The first-order valence-corrected chi connectivity index (χ1v) is 5.26. The fourth-order valence-corrected chi connectivity index (χ4v) is 1.67. The molecular formula is C7H6N2O6S. The van der Waals surface area contributed by atoms with Crippen LogP contribution in [-0.4, -0.2) is 24.3 Å². The molecule has 2 N–H and O–H groups in total. The van der Waals surface area contributed by atoms with Crippen molar-refractivity contribution < 1.29 is 22.7 Å². The van der Waals surface area contributed by atoms with Gasteiger partial charge in [0.25, 0.3) is 5.69 Å². The van der Waals surface area contributed by atoms with Gasteiger partial charge in [-0.25, -0.2) is 0 Å². The summed E-state index contributed by atoms with van der Waals surface area (Å²) >= 11 is 0. The highest BCUT2D eigenvalue weighted by Gasteiger charge is 2.24. The van der Waals surface area contributed by atoms with Gasteiger partial charge in [-0.1, -0.05) is 0 Å². The molecule has 8 nitrogen and oxygen atoms in total. The molecular weight excluding hydrogens is 240 g/mol. The minimum atomic E-state index is -4.67. The van der Waals surface area contributed by atoms with Crippen LogP contribution in [0.4, 0.5) is 11.4 Å². The van der Waals surface area contributed by atoms with Gasteiger partial charge in [-0.3, -0.25) is 19.5 Å². The van der Waals surface area contributed by atoms with Gasteiger partial charge < -0.3 is 5.32 Å². The lowest BCUT2D eigenvalue weighted by Gasteiger charge is -2.02. The fourth-order valence-electron chi connectivity index (χ4n) is 1.04. The Hall–Kier alpha value is -2.00. The number of hydrogen-bond donors (Lipinski definition) is 2. The van der Waals surface area contributed by atoms with Crippen LogP contribution in [0.1, 0.15) is 0 Å². The zero-order chi connectivity index (χ0) is 12.3. The summed E-state index contributed by atoms with van der Waals surface area (Å²) in [5.74, 6) is 0. The van der Waals surface area contributed by atoms with E-state index >= 15 is 0 Å². The van der Waals surface area contributed by atoms with Crippen LogP contribution < -0.4 is 5.32 Å². The van der Waals surface area contributed by atoms with Gasteiger partial charge in [0.15, 0.2) is 4.90 Å². The van der Waals surface area contributed by atoms with Gasteiger partial charge in [0.2, 0.25) is 6.41 Å². The molecule has 1 aromatic rings. The number of hydrogen-bond acceptors (Lipinski definition) is 5. The Labute approximate surface area is 89.8 Å². The highest BCUT2D eigenvalue weighted by Crippen LogP contribution is 2.26. The van der Waals surface area contributed by atoms with Crippen molar-refractivity contribution in [2.24, 2.45) is 0 Å². The van der Waals surface area contributed by atoms with Gasteiger partial charge >= 0.3 is 10.1 Å². The lowest BCUT2D eigenvalue weighted by molar-refractivity contribution is -0.387. The molecule has 1 rings (SSSR count). The lowest BCUT2D eigenvalue weighted by atomic mass is 10.3. The Bertz CT molecular complexity index is 538. The van der Waals surface area contributed by atoms with Crippen molar-refractivity contribution in [1.29, 1.82) is 0 Å². The monoisotopic (exact) mass is 246 g/mol. The summed E-state index contributed by atoms with van der Waals surface area (Å²) in [6.45, 7) is 0. The molecule has 0 aliphatic heterocycles. The summed E-state index contributed by atoms with van der Waals surface area (Å²) in [4.78, 5) is 18.8.